The Morgan fingerprint density at radius 2 is 1.28 bits per heavy atom. The zero-order valence-electron chi connectivity index (χ0n) is 9.32. The van der Waals surface area contributed by atoms with Gasteiger partial charge in [0.2, 0.25) is 12.7 Å². The quantitative estimate of drug-likeness (QED) is 0.308. The van der Waals surface area contributed by atoms with Crippen LogP contribution in [0.4, 0.5) is 0 Å². The van der Waals surface area contributed by atoms with E-state index in [2.05, 4.69) is 22.0 Å². The summed E-state index contributed by atoms with van der Waals surface area (Å²) in [4.78, 5) is 0. The SMILES string of the molecule is N[n+]1cnn(CC#CCn2c[n+](N)cn2)c1.[Br-].[Br-]. The summed E-state index contributed by atoms with van der Waals surface area (Å²) < 4.78 is 6.01. The summed E-state index contributed by atoms with van der Waals surface area (Å²) in [6, 6.07) is 0. The van der Waals surface area contributed by atoms with Crippen LogP contribution in [0, 0.1) is 11.8 Å². The van der Waals surface area contributed by atoms with Gasteiger partial charge in [0.05, 0.1) is 0 Å². The molecule has 0 spiro atoms. The van der Waals surface area contributed by atoms with Gasteiger partial charge >= 0.3 is 0 Å². The second kappa shape index (κ2) is 7.67. The van der Waals surface area contributed by atoms with Gasteiger partial charge in [0.1, 0.15) is 0 Å². The maximum Gasteiger partial charge on any atom is 0.286 e. The summed E-state index contributed by atoms with van der Waals surface area (Å²) in [6.45, 7) is 0.988. The van der Waals surface area contributed by atoms with E-state index in [1.165, 1.54) is 22.0 Å². The van der Waals surface area contributed by atoms with Crippen molar-refractivity contribution in [2.75, 3.05) is 11.7 Å². The van der Waals surface area contributed by atoms with Crippen LogP contribution >= 0.6 is 0 Å². The molecule has 0 saturated carbocycles. The van der Waals surface area contributed by atoms with E-state index in [9.17, 15) is 0 Å². The van der Waals surface area contributed by atoms with Crippen LogP contribution in [0.5, 0.6) is 0 Å². The van der Waals surface area contributed by atoms with E-state index in [0.717, 1.165) is 0 Å². The molecule has 0 aromatic carbocycles. The summed E-state index contributed by atoms with van der Waals surface area (Å²) in [5.74, 6) is 16.7. The summed E-state index contributed by atoms with van der Waals surface area (Å²) in [5, 5.41) is 7.94. The molecule has 0 amide bonds. The second-order valence-corrected chi connectivity index (χ2v) is 3.14. The van der Waals surface area contributed by atoms with Crippen LogP contribution in [0.15, 0.2) is 25.3 Å². The third-order valence-corrected chi connectivity index (χ3v) is 1.81. The number of hydrogen-bond donors (Lipinski definition) is 2. The van der Waals surface area contributed by atoms with Crippen LogP contribution in [0.1, 0.15) is 0 Å². The fraction of sp³-hybridized carbons (Fsp3) is 0.250. The minimum absolute atomic E-state index is 0. The molecule has 0 aliphatic carbocycles. The lowest BCUT2D eigenvalue weighted by Gasteiger charge is -1.82. The molecule has 2 rings (SSSR count). The molecule has 0 unspecified atom stereocenters. The Hall–Kier alpha value is -1.60. The number of nitrogens with zero attached hydrogens (tertiary/aromatic N) is 6. The van der Waals surface area contributed by atoms with Crippen molar-refractivity contribution in [2.24, 2.45) is 0 Å². The molecule has 0 saturated heterocycles. The smallest absolute Gasteiger partial charge is 0.286 e. The van der Waals surface area contributed by atoms with Crippen molar-refractivity contribution in [3.63, 3.8) is 0 Å². The summed E-state index contributed by atoms with van der Waals surface area (Å²) in [5.41, 5.74) is 0. The molecule has 0 aliphatic rings. The average Bonchev–Trinajstić information content (AvgIpc) is 2.83. The summed E-state index contributed by atoms with van der Waals surface area (Å²) in [7, 11) is 0. The molecular formula is C8H12Br2N8. The largest absolute Gasteiger partial charge is 1.00 e. The highest BCUT2D eigenvalue weighted by Gasteiger charge is 2.00. The average molecular weight is 380 g/mol. The molecule has 0 aliphatic heterocycles. The third-order valence-electron chi connectivity index (χ3n) is 1.81. The van der Waals surface area contributed by atoms with Crippen molar-refractivity contribution >= 4 is 0 Å². The lowest BCUT2D eigenvalue weighted by molar-refractivity contribution is -0.639. The van der Waals surface area contributed by atoms with E-state index >= 15 is 0 Å². The van der Waals surface area contributed by atoms with Crippen molar-refractivity contribution in [3.05, 3.63) is 25.3 Å². The molecule has 4 N–H and O–H groups in total. The van der Waals surface area contributed by atoms with Crippen LogP contribution in [0.2, 0.25) is 0 Å². The van der Waals surface area contributed by atoms with Gasteiger partial charge in [-0.1, -0.05) is 11.8 Å². The third kappa shape index (κ3) is 4.72. The highest BCUT2D eigenvalue weighted by molar-refractivity contribution is 4.97. The van der Waals surface area contributed by atoms with E-state index < -0.39 is 0 Å². The Bertz CT molecular complexity index is 490. The normalized spacial score (nSPS) is 8.67. The molecule has 0 bridgehead atoms. The number of hydrogen-bond acceptors (Lipinski definition) is 4. The Balaban J connectivity index is 0.00000144. The Labute approximate surface area is 125 Å². The minimum Gasteiger partial charge on any atom is -1.00 e. The highest BCUT2D eigenvalue weighted by Crippen LogP contribution is 1.77. The lowest BCUT2D eigenvalue weighted by Crippen LogP contribution is -3.00. The first-order chi connectivity index (χ1) is 7.74. The zero-order chi connectivity index (χ0) is 11.4. The molecule has 18 heavy (non-hydrogen) atoms. The van der Waals surface area contributed by atoms with Gasteiger partial charge in [-0.05, 0) is 0 Å². The zero-order valence-corrected chi connectivity index (χ0v) is 12.5. The fourth-order valence-electron chi connectivity index (χ4n) is 1.12. The standard InChI is InChI=1S/C8H12N8.2BrH/c9-13-5-11-15(7-13)3-1-2-4-16-8-14(10)6-12-16;;/h5-8H,3-4,9-10H2;2*1H/q+2;;/p-2. The number of nitrogen functional groups attached to an aromatic ring is 2. The first-order valence-electron chi connectivity index (χ1n) is 4.57. The molecule has 2 heterocycles. The molecule has 10 heteroatoms. The van der Waals surface area contributed by atoms with Crippen molar-refractivity contribution in [1.29, 1.82) is 0 Å². The summed E-state index contributed by atoms with van der Waals surface area (Å²) >= 11 is 0. The van der Waals surface area contributed by atoms with Gasteiger partial charge in [-0.25, -0.2) is 0 Å². The molecular weight excluding hydrogens is 368 g/mol. The monoisotopic (exact) mass is 378 g/mol. The minimum atomic E-state index is 0. The molecule has 0 atom stereocenters. The van der Waals surface area contributed by atoms with Crippen molar-refractivity contribution in [2.45, 2.75) is 13.1 Å². The van der Waals surface area contributed by atoms with Gasteiger partial charge in [-0.3, -0.25) is 11.7 Å². The van der Waals surface area contributed by atoms with E-state index in [0.29, 0.717) is 13.1 Å². The van der Waals surface area contributed by atoms with Crippen molar-refractivity contribution < 1.29 is 43.3 Å². The molecule has 2 aromatic rings. The number of rotatable bonds is 2. The predicted octanol–water partition coefficient (Wildman–Crippen LogP) is -9.21. The highest BCUT2D eigenvalue weighted by atomic mass is 79.9. The van der Waals surface area contributed by atoms with Crippen LogP contribution < -0.4 is 55.0 Å². The number of halogens is 2. The molecule has 2 aromatic heterocycles. The van der Waals surface area contributed by atoms with Crippen molar-refractivity contribution in [1.82, 2.24) is 19.6 Å². The van der Waals surface area contributed by atoms with Gasteiger partial charge in [0.25, 0.3) is 12.7 Å². The maximum atomic E-state index is 5.43. The van der Waals surface area contributed by atoms with Crippen LogP contribution in [-0.4, -0.2) is 19.6 Å². The molecule has 8 nitrogen and oxygen atoms in total. The predicted molar refractivity (Wildman–Crippen MR) is 52.9 cm³/mol. The van der Waals surface area contributed by atoms with Gasteiger partial charge in [-0.15, -0.1) is 18.7 Å². The molecule has 98 valence electrons. The van der Waals surface area contributed by atoms with Gasteiger partial charge in [0.15, 0.2) is 13.1 Å². The van der Waals surface area contributed by atoms with Gasteiger partial charge < -0.3 is 34.0 Å². The first-order valence-corrected chi connectivity index (χ1v) is 4.57. The van der Waals surface area contributed by atoms with Crippen LogP contribution in [-0.2, 0) is 13.1 Å². The Kier molecular flexibility index (Phi) is 6.99. The van der Waals surface area contributed by atoms with E-state index in [1.54, 1.807) is 22.0 Å². The van der Waals surface area contributed by atoms with E-state index in [1.807, 2.05) is 0 Å². The van der Waals surface area contributed by atoms with Gasteiger partial charge in [0, 0.05) is 10.2 Å². The van der Waals surface area contributed by atoms with E-state index in [-0.39, 0.29) is 34.0 Å². The topological polar surface area (TPSA) is 95.4 Å². The van der Waals surface area contributed by atoms with Crippen LogP contribution in [0.3, 0.4) is 0 Å². The van der Waals surface area contributed by atoms with Crippen LogP contribution in [0.25, 0.3) is 0 Å². The fourth-order valence-corrected chi connectivity index (χ4v) is 1.12. The Morgan fingerprint density at radius 1 is 0.889 bits per heavy atom. The number of nitrogens with two attached hydrogens (primary N) is 2. The Morgan fingerprint density at radius 3 is 1.56 bits per heavy atom. The molecule has 0 fully saturated rings. The molecule has 0 radical (unpaired) electrons. The second-order valence-electron chi connectivity index (χ2n) is 3.14. The lowest BCUT2D eigenvalue weighted by atomic mass is 10.5. The van der Waals surface area contributed by atoms with Crippen molar-refractivity contribution in [3.8, 4) is 11.8 Å². The summed E-state index contributed by atoms with van der Waals surface area (Å²) in [6.07, 6.45) is 6.31. The number of aromatic nitrogens is 6. The maximum absolute atomic E-state index is 5.43. The van der Waals surface area contributed by atoms with Gasteiger partial charge in [-0.2, -0.15) is 0 Å². The van der Waals surface area contributed by atoms with E-state index in [4.69, 9.17) is 11.7 Å². The first kappa shape index (κ1) is 16.4.